The van der Waals surface area contributed by atoms with E-state index in [0.717, 1.165) is 36.4 Å². The van der Waals surface area contributed by atoms with Crippen molar-refractivity contribution < 1.29 is 18.0 Å². The van der Waals surface area contributed by atoms with Gasteiger partial charge in [0.05, 0.1) is 23.5 Å². The summed E-state index contributed by atoms with van der Waals surface area (Å²) in [7, 11) is 0. The molecule has 1 aliphatic rings. The summed E-state index contributed by atoms with van der Waals surface area (Å²) in [6.45, 7) is 0.708. The van der Waals surface area contributed by atoms with Crippen LogP contribution in [0.4, 0.5) is 13.2 Å². The van der Waals surface area contributed by atoms with Crippen LogP contribution in [-0.4, -0.2) is 24.8 Å². The number of rotatable bonds is 4. The molecule has 0 atom stereocenters. The summed E-state index contributed by atoms with van der Waals surface area (Å²) in [5, 5.41) is 0. The van der Waals surface area contributed by atoms with E-state index in [4.69, 9.17) is 5.73 Å². The molecule has 0 fully saturated rings. The number of carbonyl (C=O) groups is 1. The number of hydrogen-bond acceptors (Lipinski definition) is 3. The van der Waals surface area contributed by atoms with Crippen LogP contribution in [0.25, 0.3) is 28.2 Å². The molecule has 0 bridgehead atoms. The Morgan fingerprint density at radius 3 is 2.63 bits per heavy atom. The van der Waals surface area contributed by atoms with E-state index in [0.29, 0.717) is 29.3 Å². The number of carbonyl (C=O) groups excluding carboxylic acids is 1. The van der Waals surface area contributed by atoms with Gasteiger partial charge in [0.2, 0.25) is 5.91 Å². The first-order chi connectivity index (χ1) is 14.4. The lowest BCUT2D eigenvalue weighted by molar-refractivity contribution is -0.117. The summed E-state index contributed by atoms with van der Waals surface area (Å²) < 4.78 is 45.0. The van der Waals surface area contributed by atoms with E-state index in [2.05, 4.69) is 9.97 Å². The van der Waals surface area contributed by atoms with Crippen molar-refractivity contribution >= 4 is 11.6 Å². The highest BCUT2D eigenvalue weighted by atomic mass is 19.2. The van der Waals surface area contributed by atoms with Crippen molar-refractivity contribution in [1.29, 1.82) is 0 Å². The summed E-state index contributed by atoms with van der Waals surface area (Å²) in [5.41, 5.74) is 8.52. The number of hydrogen-bond donors (Lipinski definition) is 1. The number of pyridine rings is 1. The number of halogens is 3. The average Bonchev–Trinajstić information content (AvgIpc) is 3.39. The third kappa shape index (κ3) is 2.85. The second-order valence-corrected chi connectivity index (χ2v) is 7.27. The summed E-state index contributed by atoms with van der Waals surface area (Å²) >= 11 is 0. The molecule has 3 aromatic heterocycles. The number of aryl methyl sites for hydroxylation is 1. The molecule has 0 spiro atoms. The van der Waals surface area contributed by atoms with Crippen molar-refractivity contribution in [2.24, 2.45) is 5.73 Å². The van der Waals surface area contributed by atoms with Gasteiger partial charge in [-0.05, 0) is 30.7 Å². The molecular formula is C21H16F3N5O. The Hall–Kier alpha value is -3.62. The molecule has 9 heteroatoms. The molecular weight excluding hydrogens is 395 g/mol. The number of nitrogens with two attached hydrogens (primary N) is 1. The van der Waals surface area contributed by atoms with Gasteiger partial charge in [-0.2, -0.15) is 0 Å². The van der Waals surface area contributed by atoms with Gasteiger partial charge in [0, 0.05) is 36.5 Å². The first-order valence-corrected chi connectivity index (χ1v) is 9.41. The lowest BCUT2D eigenvalue weighted by Crippen LogP contribution is -2.14. The van der Waals surface area contributed by atoms with E-state index in [1.54, 1.807) is 22.9 Å². The number of benzene rings is 1. The van der Waals surface area contributed by atoms with Gasteiger partial charge in [-0.3, -0.25) is 4.79 Å². The molecule has 152 valence electrons. The zero-order valence-corrected chi connectivity index (χ0v) is 15.7. The van der Waals surface area contributed by atoms with Crippen molar-refractivity contribution in [3.63, 3.8) is 0 Å². The van der Waals surface area contributed by atoms with Gasteiger partial charge < -0.3 is 14.7 Å². The van der Waals surface area contributed by atoms with Crippen molar-refractivity contribution in [3.05, 3.63) is 65.6 Å². The minimum Gasteiger partial charge on any atom is -0.369 e. The van der Waals surface area contributed by atoms with Crippen LogP contribution in [0.5, 0.6) is 0 Å². The molecule has 30 heavy (non-hydrogen) atoms. The standard InChI is InChI=1S/C21H16F3N5O/c22-14-6-12(7-15(23)19(14)24)20-21(28-5-1-2-18(28)27-20)11-3-4-17-26-9-13(8-16(25)30)29(17)10-11/h3-4,6-7,9-10H,1-2,5,8H2,(H2,25,30). The highest BCUT2D eigenvalue weighted by Gasteiger charge is 2.25. The fourth-order valence-corrected chi connectivity index (χ4v) is 3.99. The van der Waals surface area contributed by atoms with Gasteiger partial charge in [-0.25, -0.2) is 23.1 Å². The highest BCUT2D eigenvalue weighted by Crippen LogP contribution is 2.36. The first kappa shape index (κ1) is 18.4. The maximum atomic E-state index is 13.9. The van der Waals surface area contributed by atoms with Crippen LogP contribution < -0.4 is 5.73 Å². The predicted molar refractivity (Wildman–Crippen MR) is 103 cm³/mol. The molecule has 2 N–H and O–H groups in total. The monoisotopic (exact) mass is 411 g/mol. The molecule has 1 aromatic carbocycles. The summed E-state index contributed by atoms with van der Waals surface area (Å²) in [6.07, 6.45) is 5.04. The van der Waals surface area contributed by atoms with Crippen LogP contribution in [-0.2, 0) is 24.2 Å². The molecule has 0 radical (unpaired) electrons. The maximum Gasteiger partial charge on any atom is 0.223 e. The number of fused-ring (bicyclic) bond motifs is 2. The smallest absolute Gasteiger partial charge is 0.223 e. The molecule has 5 rings (SSSR count). The summed E-state index contributed by atoms with van der Waals surface area (Å²) in [6, 6.07) is 5.52. The quantitative estimate of drug-likeness (QED) is 0.524. The van der Waals surface area contributed by atoms with Crippen LogP contribution in [0, 0.1) is 17.5 Å². The SMILES string of the molecule is NC(=O)Cc1cnc2ccc(-c3c(-c4cc(F)c(F)c(F)c4)nc4n3CCC4)cn12. The Bertz CT molecular complexity index is 1300. The van der Waals surface area contributed by atoms with Crippen molar-refractivity contribution in [3.8, 4) is 22.5 Å². The maximum absolute atomic E-state index is 13.9. The van der Waals surface area contributed by atoms with Crippen molar-refractivity contribution in [1.82, 2.24) is 18.9 Å². The molecule has 0 unspecified atom stereocenters. The molecule has 4 heterocycles. The number of imidazole rings is 2. The Morgan fingerprint density at radius 1 is 1.13 bits per heavy atom. The molecule has 4 aromatic rings. The second-order valence-electron chi connectivity index (χ2n) is 7.27. The van der Waals surface area contributed by atoms with Gasteiger partial charge in [0.1, 0.15) is 11.5 Å². The van der Waals surface area contributed by atoms with E-state index >= 15 is 0 Å². The number of primary amides is 1. The van der Waals surface area contributed by atoms with Gasteiger partial charge in [0.15, 0.2) is 17.5 Å². The Kier molecular flexibility index (Phi) is 4.12. The Labute approximate surface area is 168 Å². The Balaban J connectivity index is 1.72. The predicted octanol–water partition coefficient (Wildman–Crippen LogP) is 3.26. The van der Waals surface area contributed by atoms with Crippen molar-refractivity contribution in [2.45, 2.75) is 25.8 Å². The van der Waals surface area contributed by atoms with Gasteiger partial charge in [-0.1, -0.05) is 0 Å². The van der Waals surface area contributed by atoms with Gasteiger partial charge >= 0.3 is 0 Å². The van der Waals surface area contributed by atoms with E-state index in [-0.39, 0.29) is 12.0 Å². The first-order valence-electron chi connectivity index (χ1n) is 9.41. The van der Waals surface area contributed by atoms with Crippen LogP contribution >= 0.6 is 0 Å². The topological polar surface area (TPSA) is 78.2 Å². The molecule has 0 saturated carbocycles. The van der Waals surface area contributed by atoms with Crippen LogP contribution in [0.3, 0.4) is 0 Å². The summed E-state index contributed by atoms with van der Waals surface area (Å²) in [5.74, 6) is -3.72. The Morgan fingerprint density at radius 2 is 1.90 bits per heavy atom. The minimum absolute atomic E-state index is 0.0242. The van der Waals surface area contributed by atoms with Gasteiger partial charge in [0.25, 0.3) is 0 Å². The van der Waals surface area contributed by atoms with Crippen LogP contribution in [0.15, 0.2) is 36.7 Å². The van der Waals surface area contributed by atoms with E-state index in [1.165, 1.54) is 0 Å². The molecule has 0 saturated heterocycles. The fraction of sp³-hybridized carbons (Fsp3) is 0.190. The molecule has 1 aliphatic heterocycles. The van der Waals surface area contributed by atoms with E-state index in [1.807, 2.05) is 10.6 Å². The zero-order chi connectivity index (χ0) is 21.0. The van der Waals surface area contributed by atoms with Crippen molar-refractivity contribution in [2.75, 3.05) is 0 Å². The third-order valence-corrected chi connectivity index (χ3v) is 5.30. The zero-order valence-electron chi connectivity index (χ0n) is 15.7. The number of aromatic nitrogens is 4. The second kappa shape index (κ2) is 6.72. The van der Waals surface area contributed by atoms with Crippen LogP contribution in [0.2, 0.25) is 0 Å². The fourth-order valence-electron chi connectivity index (χ4n) is 3.99. The summed E-state index contributed by atoms with van der Waals surface area (Å²) in [4.78, 5) is 20.2. The molecule has 0 aliphatic carbocycles. The number of nitrogens with zero attached hydrogens (tertiary/aromatic N) is 4. The normalized spacial score (nSPS) is 13.2. The third-order valence-electron chi connectivity index (χ3n) is 5.30. The average molecular weight is 411 g/mol. The number of amides is 1. The van der Waals surface area contributed by atoms with E-state index in [9.17, 15) is 18.0 Å². The largest absolute Gasteiger partial charge is 0.369 e. The highest BCUT2D eigenvalue weighted by molar-refractivity contribution is 5.80. The van der Waals surface area contributed by atoms with Gasteiger partial charge in [-0.15, -0.1) is 0 Å². The van der Waals surface area contributed by atoms with Crippen LogP contribution in [0.1, 0.15) is 17.9 Å². The molecule has 1 amide bonds. The minimum atomic E-state index is -1.51. The lowest BCUT2D eigenvalue weighted by atomic mass is 10.1. The molecule has 6 nitrogen and oxygen atoms in total. The van der Waals surface area contributed by atoms with E-state index < -0.39 is 23.4 Å². The lowest BCUT2D eigenvalue weighted by Gasteiger charge is -2.10.